The molecule has 0 fully saturated rings. The van der Waals surface area contributed by atoms with Gasteiger partial charge in [-0.3, -0.25) is 9.59 Å². The fraction of sp³-hybridized carbons (Fsp3) is 0.294. The second kappa shape index (κ2) is 6.74. The van der Waals surface area contributed by atoms with Crippen molar-refractivity contribution in [2.75, 3.05) is 6.79 Å². The quantitative estimate of drug-likeness (QED) is 0.900. The fourth-order valence-electron chi connectivity index (χ4n) is 2.53. The van der Waals surface area contributed by atoms with Crippen LogP contribution in [0, 0.1) is 0 Å². The first-order valence-corrected chi connectivity index (χ1v) is 7.70. The van der Waals surface area contributed by atoms with Gasteiger partial charge in [0, 0.05) is 12.3 Å². The molecule has 1 amide bonds. The van der Waals surface area contributed by atoms with Crippen LogP contribution in [0.15, 0.2) is 41.3 Å². The number of pyridine rings is 1. The van der Waals surface area contributed by atoms with Crippen molar-refractivity contribution in [2.45, 2.75) is 25.7 Å². The van der Waals surface area contributed by atoms with Gasteiger partial charge in [0.2, 0.25) is 12.7 Å². The molecule has 0 aliphatic carbocycles. The molecular weight excluding hydrogens is 353 g/mol. The topological polar surface area (TPSA) is 69.6 Å². The predicted molar refractivity (Wildman–Crippen MR) is 84.8 cm³/mol. The second-order valence-electron chi connectivity index (χ2n) is 5.78. The molecule has 138 valence electrons. The summed E-state index contributed by atoms with van der Waals surface area (Å²) in [4.78, 5) is 23.8. The number of hydrogen-bond donors (Lipinski definition) is 1. The Balaban J connectivity index is 1.70. The lowest BCUT2D eigenvalue weighted by Gasteiger charge is -2.16. The van der Waals surface area contributed by atoms with E-state index in [2.05, 4.69) is 5.32 Å². The zero-order valence-corrected chi connectivity index (χ0v) is 13.7. The maximum absolute atomic E-state index is 12.7. The zero-order valence-electron chi connectivity index (χ0n) is 13.7. The number of benzene rings is 1. The molecule has 1 aromatic carbocycles. The third-order valence-electron chi connectivity index (χ3n) is 3.90. The first kappa shape index (κ1) is 17.8. The van der Waals surface area contributed by atoms with E-state index >= 15 is 0 Å². The minimum Gasteiger partial charge on any atom is -0.454 e. The summed E-state index contributed by atoms with van der Waals surface area (Å²) >= 11 is 0. The van der Waals surface area contributed by atoms with Crippen LogP contribution in [0.25, 0.3) is 0 Å². The van der Waals surface area contributed by atoms with Crippen molar-refractivity contribution in [3.63, 3.8) is 0 Å². The summed E-state index contributed by atoms with van der Waals surface area (Å²) in [5, 5.41) is 2.64. The maximum Gasteiger partial charge on any atom is 0.417 e. The first-order chi connectivity index (χ1) is 12.2. The number of aromatic nitrogens is 1. The smallest absolute Gasteiger partial charge is 0.417 e. The summed E-state index contributed by atoms with van der Waals surface area (Å²) in [6.45, 7) is 1.32. The number of alkyl halides is 3. The van der Waals surface area contributed by atoms with E-state index < -0.39 is 35.8 Å². The number of carbonyl (C=O) groups excluding carboxylic acids is 1. The SMILES string of the molecule is CC(NC(=O)Cn1cc(C(F)(F)F)ccc1=O)c1ccc2c(c1)OCO2. The first-order valence-electron chi connectivity index (χ1n) is 7.70. The van der Waals surface area contributed by atoms with Crippen molar-refractivity contribution in [1.29, 1.82) is 0 Å². The van der Waals surface area contributed by atoms with Crippen molar-refractivity contribution >= 4 is 5.91 Å². The summed E-state index contributed by atoms with van der Waals surface area (Å²) in [7, 11) is 0. The molecular formula is C17H15F3N2O4. The van der Waals surface area contributed by atoms with E-state index in [1.807, 2.05) is 0 Å². The van der Waals surface area contributed by atoms with Crippen LogP contribution in [0.2, 0.25) is 0 Å². The predicted octanol–water partition coefficient (Wildman–Crippen LogP) is 2.47. The van der Waals surface area contributed by atoms with Crippen LogP contribution in [0.1, 0.15) is 24.1 Å². The molecule has 9 heteroatoms. The van der Waals surface area contributed by atoms with Crippen LogP contribution in [0.3, 0.4) is 0 Å². The highest BCUT2D eigenvalue weighted by Gasteiger charge is 2.31. The minimum absolute atomic E-state index is 0.123. The van der Waals surface area contributed by atoms with Gasteiger partial charge in [-0.25, -0.2) is 0 Å². The number of hydrogen-bond acceptors (Lipinski definition) is 4. The van der Waals surface area contributed by atoms with E-state index in [0.29, 0.717) is 23.8 Å². The van der Waals surface area contributed by atoms with Crippen LogP contribution in [-0.2, 0) is 17.5 Å². The van der Waals surface area contributed by atoms with Gasteiger partial charge in [0.05, 0.1) is 11.6 Å². The molecule has 1 unspecified atom stereocenters. The summed E-state index contributed by atoms with van der Waals surface area (Å²) < 4.78 is 49.4. The molecule has 0 saturated heterocycles. The largest absolute Gasteiger partial charge is 0.454 e. The van der Waals surface area contributed by atoms with Crippen molar-refractivity contribution in [2.24, 2.45) is 0 Å². The molecule has 6 nitrogen and oxygen atoms in total. The van der Waals surface area contributed by atoms with Gasteiger partial charge in [0.1, 0.15) is 6.54 Å². The Hall–Kier alpha value is -2.97. The van der Waals surface area contributed by atoms with Crippen molar-refractivity contribution in [1.82, 2.24) is 9.88 Å². The number of fused-ring (bicyclic) bond motifs is 1. The van der Waals surface area contributed by atoms with Gasteiger partial charge in [-0.1, -0.05) is 6.07 Å². The van der Waals surface area contributed by atoms with Gasteiger partial charge in [-0.2, -0.15) is 13.2 Å². The summed E-state index contributed by atoms with van der Waals surface area (Å²) in [6, 6.07) is 6.21. The van der Waals surface area contributed by atoms with E-state index in [0.717, 1.165) is 16.2 Å². The molecule has 3 rings (SSSR count). The van der Waals surface area contributed by atoms with Crippen molar-refractivity contribution < 1.29 is 27.4 Å². The molecule has 1 aromatic heterocycles. The van der Waals surface area contributed by atoms with Gasteiger partial charge >= 0.3 is 6.18 Å². The normalized spacial score (nSPS) is 14.2. The van der Waals surface area contributed by atoms with E-state index in [1.54, 1.807) is 25.1 Å². The van der Waals surface area contributed by atoms with E-state index in [1.165, 1.54) is 0 Å². The number of amides is 1. The van der Waals surface area contributed by atoms with Gasteiger partial charge in [0.25, 0.3) is 5.56 Å². The van der Waals surface area contributed by atoms with Gasteiger partial charge in [0.15, 0.2) is 11.5 Å². The number of nitrogens with one attached hydrogen (secondary N) is 1. The Morgan fingerprint density at radius 2 is 1.96 bits per heavy atom. The van der Waals surface area contributed by atoms with Crippen LogP contribution in [0.4, 0.5) is 13.2 Å². The van der Waals surface area contributed by atoms with Crippen LogP contribution in [-0.4, -0.2) is 17.3 Å². The molecule has 0 bridgehead atoms. The van der Waals surface area contributed by atoms with Gasteiger partial charge < -0.3 is 19.4 Å². The minimum atomic E-state index is -4.59. The summed E-state index contributed by atoms with van der Waals surface area (Å²) in [5.41, 5.74) is -0.948. The van der Waals surface area contributed by atoms with E-state index in [9.17, 15) is 22.8 Å². The molecule has 0 saturated carbocycles. The van der Waals surface area contributed by atoms with Gasteiger partial charge in [-0.05, 0) is 30.7 Å². The molecule has 1 N–H and O–H groups in total. The fourth-order valence-corrected chi connectivity index (χ4v) is 2.53. The third kappa shape index (κ3) is 3.81. The van der Waals surface area contributed by atoms with Crippen molar-refractivity contribution in [3.05, 3.63) is 58.0 Å². The highest BCUT2D eigenvalue weighted by molar-refractivity contribution is 5.76. The molecule has 1 aliphatic rings. The molecule has 26 heavy (non-hydrogen) atoms. The highest BCUT2D eigenvalue weighted by Crippen LogP contribution is 2.34. The van der Waals surface area contributed by atoms with E-state index in [-0.39, 0.29) is 6.79 Å². The number of nitrogens with zero attached hydrogens (tertiary/aromatic N) is 1. The number of rotatable bonds is 4. The lowest BCUT2D eigenvalue weighted by atomic mass is 10.1. The average molecular weight is 368 g/mol. The molecule has 1 atom stereocenters. The van der Waals surface area contributed by atoms with E-state index in [4.69, 9.17) is 9.47 Å². The molecule has 0 spiro atoms. The lowest BCUT2D eigenvalue weighted by molar-refractivity contribution is -0.138. The molecule has 1 aliphatic heterocycles. The molecule has 2 heterocycles. The maximum atomic E-state index is 12.7. The Morgan fingerprint density at radius 3 is 2.69 bits per heavy atom. The van der Waals surface area contributed by atoms with Crippen LogP contribution >= 0.6 is 0 Å². The molecule has 2 aromatic rings. The van der Waals surface area contributed by atoms with Crippen LogP contribution in [0.5, 0.6) is 11.5 Å². The number of ether oxygens (including phenoxy) is 2. The third-order valence-corrected chi connectivity index (χ3v) is 3.90. The van der Waals surface area contributed by atoms with Crippen molar-refractivity contribution in [3.8, 4) is 11.5 Å². The average Bonchev–Trinajstić information content (AvgIpc) is 3.03. The Kier molecular flexibility index (Phi) is 4.62. The van der Waals surface area contributed by atoms with Gasteiger partial charge in [-0.15, -0.1) is 0 Å². The van der Waals surface area contributed by atoms with Crippen LogP contribution < -0.4 is 20.3 Å². The number of carbonyl (C=O) groups is 1. The summed E-state index contributed by atoms with van der Waals surface area (Å²) in [6.07, 6.45) is -3.96. The molecule has 0 radical (unpaired) electrons. The Bertz CT molecular complexity index is 892. The monoisotopic (exact) mass is 368 g/mol. The lowest BCUT2D eigenvalue weighted by Crippen LogP contribution is -2.34. The second-order valence-corrected chi connectivity index (χ2v) is 5.78. The zero-order chi connectivity index (χ0) is 18.9. The number of halogens is 3. The standard InChI is InChI=1S/C17H15F3N2O4/c1-10(11-2-4-13-14(6-11)26-9-25-13)21-15(23)8-22-7-12(17(18,19)20)3-5-16(22)24/h2-7,10H,8-9H2,1H3,(H,21,23). The Morgan fingerprint density at radius 1 is 1.23 bits per heavy atom. The summed E-state index contributed by atoms with van der Waals surface area (Å²) in [5.74, 6) is 0.567. The highest BCUT2D eigenvalue weighted by atomic mass is 19.4. The Labute approximate surface area is 146 Å².